The van der Waals surface area contributed by atoms with Gasteiger partial charge in [0.25, 0.3) is 0 Å². The van der Waals surface area contributed by atoms with E-state index in [4.69, 9.17) is 11.5 Å². The summed E-state index contributed by atoms with van der Waals surface area (Å²) in [6, 6.07) is 0.747. The van der Waals surface area contributed by atoms with Gasteiger partial charge >= 0.3 is 0 Å². The fourth-order valence-corrected chi connectivity index (χ4v) is 5.13. The van der Waals surface area contributed by atoms with E-state index < -0.39 is 0 Å². The van der Waals surface area contributed by atoms with E-state index in [1.54, 1.807) is 0 Å². The molecule has 3 saturated carbocycles. The molecule has 0 aromatic rings. The van der Waals surface area contributed by atoms with Gasteiger partial charge in [0, 0.05) is 18.1 Å². The Morgan fingerprint density at radius 3 is 2.14 bits per heavy atom. The van der Waals surface area contributed by atoms with Gasteiger partial charge in [-0.3, -0.25) is 4.79 Å². The zero-order chi connectivity index (χ0) is 15.5. The van der Waals surface area contributed by atoms with Crippen molar-refractivity contribution in [1.29, 1.82) is 0 Å². The molecule has 4 unspecified atom stereocenters. The Bertz CT molecular complexity index is 373. The van der Waals surface area contributed by atoms with E-state index in [1.807, 2.05) is 0 Å². The maximum absolute atomic E-state index is 12.8. The van der Waals surface area contributed by atoms with Gasteiger partial charge in [-0.15, -0.1) is 0 Å². The second-order valence-corrected chi connectivity index (χ2v) is 7.98. The molecule has 0 heterocycles. The molecule has 1 amide bonds. The lowest BCUT2D eigenvalue weighted by atomic mass is 9.67. The number of nitrogens with one attached hydrogen (secondary N) is 1. The molecule has 2 bridgehead atoms. The fourth-order valence-electron chi connectivity index (χ4n) is 5.13. The molecule has 5 N–H and O–H groups in total. The molecular formula is C18H33N3O. The van der Waals surface area contributed by atoms with Crippen molar-refractivity contribution in [3.8, 4) is 0 Å². The van der Waals surface area contributed by atoms with Gasteiger partial charge in [0.15, 0.2) is 0 Å². The van der Waals surface area contributed by atoms with Crippen LogP contribution in [0, 0.1) is 17.8 Å². The first-order valence-corrected chi connectivity index (χ1v) is 9.46. The van der Waals surface area contributed by atoms with Crippen LogP contribution in [0.15, 0.2) is 0 Å². The van der Waals surface area contributed by atoms with Gasteiger partial charge in [-0.1, -0.05) is 32.1 Å². The van der Waals surface area contributed by atoms with Crippen LogP contribution in [0.1, 0.15) is 70.6 Å². The average molecular weight is 307 g/mol. The van der Waals surface area contributed by atoms with Crippen LogP contribution in [0.25, 0.3) is 0 Å². The lowest BCUT2D eigenvalue weighted by Gasteiger charge is -2.45. The summed E-state index contributed by atoms with van der Waals surface area (Å²) < 4.78 is 0. The molecule has 3 rings (SSSR count). The molecule has 3 aliphatic rings. The van der Waals surface area contributed by atoms with Gasteiger partial charge in [0.1, 0.15) is 0 Å². The highest BCUT2D eigenvalue weighted by Crippen LogP contribution is 2.40. The molecule has 4 atom stereocenters. The van der Waals surface area contributed by atoms with E-state index in [9.17, 15) is 4.79 Å². The van der Waals surface area contributed by atoms with E-state index in [0.717, 1.165) is 32.1 Å². The van der Waals surface area contributed by atoms with Crippen LogP contribution in [-0.4, -0.2) is 24.0 Å². The molecule has 126 valence electrons. The van der Waals surface area contributed by atoms with Crippen LogP contribution in [0.4, 0.5) is 0 Å². The minimum absolute atomic E-state index is 0.0247. The van der Waals surface area contributed by atoms with E-state index in [0.29, 0.717) is 23.9 Å². The van der Waals surface area contributed by atoms with E-state index in [1.165, 1.54) is 38.5 Å². The van der Waals surface area contributed by atoms with Crippen LogP contribution in [0.5, 0.6) is 0 Å². The summed E-state index contributed by atoms with van der Waals surface area (Å²) in [5.74, 6) is 1.44. The summed E-state index contributed by atoms with van der Waals surface area (Å²) in [5.41, 5.74) is 12.5. The third-order valence-electron chi connectivity index (χ3n) is 6.34. The first-order valence-electron chi connectivity index (χ1n) is 9.46. The van der Waals surface area contributed by atoms with E-state index in [-0.39, 0.29) is 17.9 Å². The van der Waals surface area contributed by atoms with Gasteiger partial charge in [-0.2, -0.15) is 0 Å². The Morgan fingerprint density at radius 2 is 1.45 bits per heavy atom. The Hall–Kier alpha value is -0.610. The van der Waals surface area contributed by atoms with Gasteiger partial charge in [0.2, 0.25) is 5.91 Å². The number of nitrogens with two attached hydrogens (primary N) is 2. The molecule has 0 radical (unpaired) electrons. The van der Waals surface area contributed by atoms with Crippen molar-refractivity contribution in [2.45, 2.75) is 88.8 Å². The van der Waals surface area contributed by atoms with Crippen LogP contribution in [0.3, 0.4) is 0 Å². The lowest BCUT2D eigenvalue weighted by molar-refractivity contribution is -0.128. The zero-order valence-corrected chi connectivity index (χ0v) is 13.8. The predicted molar refractivity (Wildman–Crippen MR) is 89.1 cm³/mol. The molecule has 3 fully saturated rings. The molecule has 4 heteroatoms. The van der Waals surface area contributed by atoms with E-state index in [2.05, 4.69) is 5.32 Å². The molecular weight excluding hydrogens is 274 g/mol. The summed E-state index contributed by atoms with van der Waals surface area (Å²) in [6.45, 7) is 0. The molecule has 4 nitrogen and oxygen atoms in total. The summed E-state index contributed by atoms with van der Waals surface area (Å²) in [7, 11) is 0. The Morgan fingerprint density at radius 1 is 0.818 bits per heavy atom. The number of fused-ring (bicyclic) bond motifs is 2. The lowest BCUT2D eigenvalue weighted by Crippen LogP contribution is -2.56. The number of carbonyl (C=O) groups excluding carboxylic acids is 1. The SMILES string of the molecule is NC1CC2CCCC(C1)C2NC(=O)C1CCCCCCC1N. The van der Waals surface area contributed by atoms with Crippen molar-refractivity contribution in [2.24, 2.45) is 29.2 Å². The number of hydrogen-bond acceptors (Lipinski definition) is 3. The van der Waals surface area contributed by atoms with Crippen LogP contribution >= 0.6 is 0 Å². The van der Waals surface area contributed by atoms with Crippen molar-refractivity contribution in [3.63, 3.8) is 0 Å². The second kappa shape index (κ2) is 7.31. The quantitative estimate of drug-likeness (QED) is 0.732. The second-order valence-electron chi connectivity index (χ2n) is 7.98. The van der Waals surface area contributed by atoms with Crippen LogP contribution < -0.4 is 16.8 Å². The van der Waals surface area contributed by atoms with E-state index >= 15 is 0 Å². The number of hydrogen-bond donors (Lipinski definition) is 3. The molecule has 22 heavy (non-hydrogen) atoms. The maximum atomic E-state index is 12.8. The molecule has 0 aliphatic heterocycles. The smallest absolute Gasteiger partial charge is 0.224 e. The molecule has 0 saturated heterocycles. The highest BCUT2D eigenvalue weighted by Gasteiger charge is 2.41. The molecule has 0 aromatic heterocycles. The summed E-state index contributed by atoms with van der Waals surface area (Å²) in [4.78, 5) is 12.8. The molecule has 0 spiro atoms. The van der Waals surface area contributed by atoms with Crippen molar-refractivity contribution in [2.75, 3.05) is 0 Å². The minimum Gasteiger partial charge on any atom is -0.353 e. The summed E-state index contributed by atoms with van der Waals surface area (Å²) in [6.07, 6.45) is 12.7. The number of amides is 1. The number of carbonyl (C=O) groups is 1. The first kappa shape index (κ1) is 16.3. The Balaban J connectivity index is 1.62. The first-order chi connectivity index (χ1) is 10.6. The fraction of sp³-hybridized carbons (Fsp3) is 0.944. The predicted octanol–water partition coefficient (Wildman–Crippen LogP) is 2.31. The summed E-state index contributed by atoms with van der Waals surface area (Å²) >= 11 is 0. The minimum atomic E-state index is 0.0247. The maximum Gasteiger partial charge on any atom is 0.224 e. The Kier molecular flexibility index (Phi) is 5.40. The third kappa shape index (κ3) is 3.65. The van der Waals surface area contributed by atoms with Gasteiger partial charge < -0.3 is 16.8 Å². The largest absolute Gasteiger partial charge is 0.353 e. The summed E-state index contributed by atoms with van der Waals surface area (Å²) in [5, 5.41) is 3.42. The van der Waals surface area contributed by atoms with Crippen molar-refractivity contribution >= 4 is 5.91 Å². The number of rotatable bonds is 2. The van der Waals surface area contributed by atoms with Gasteiger partial charge in [0.05, 0.1) is 5.92 Å². The molecule has 0 aromatic carbocycles. The third-order valence-corrected chi connectivity index (χ3v) is 6.34. The Labute approximate surface area is 134 Å². The highest BCUT2D eigenvalue weighted by atomic mass is 16.2. The monoisotopic (exact) mass is 307 g/mol. The van der Waals surface area contributed by atoms with Crippen molar-refractivity contribution < 1.29 is 4.79 Å². The standard InChI is InChI=1S/C18H33N3O/c19-14-10-12-6-5-7-13(11-14)17(12)21-18(22)15-8-3-1-2-4-9-16(15)20/h12-17H,1-11,19-20H2,(H,21,22). The van der Waals surface area contributed by atoms with Gasteiger partial charge in [-0.25, -0.2) is 0 Å². The van der Waals surface area contributed by atoms with Gasteiger partial charge in [-0.05, 0) is 50.4 Å². The normalized spacial score (nSPS) is 43.0. The highest BCUT2D eigenvalue weighted by molar-refractivity contribution is 5.79. The molecule has 3 aliphatic carbocycles. The van der Waals surface area contributed by atoms with Crippen molar-refractivity contribution in [1.82, 2.24) is 5.32 Å². The van der Waals surface area contributed by atoms with Crippen molar-refractivity contribution in [3.05, 3.63) is 0 Å². The topological polar surface area (TPSA) is 81.1 Å². The zero-order valence-electron chi connectivity index (χ0n) is 13.8. The average Bonchev–Trinajstić information content (AvgIpc) is 2.44. The van der Waals surface area contributed by atoms with Crippen LogP contribution in [-0.2, 0) is 4.79 Å². The van der Waals surface area contributed by atoms with Crippen LogP contribution in [0.2, 0.25) is 0 Å².